The van der Waals surface area contributed by atoms with E-state index in [1.54, 1.807) is 0 Å². The third kappa shape index (κ3) is 4.71. The normalized spacial score (nSPS) is 12.1. The number of nitrogens with zero attached hydrogens (tertiary/aromatic N) is 1. The van der Waals surface area contributed by atoms with Gasteiger partial charge in [0.05, 0.1) is 0 Å². The first-order chi connectivity index (χ1) is 18.7. The van der Waals surface area contributed by atoms with Gasteiger partial charge in [0, 0.05) is 17.1 Å². The first kappa shape index (κ1) is 23.8. The number of hydrogen-bond acceptors (Lipinski definition) is 1. The van der Waals surface area contributed by atoms with Gasteiger partial charge in [-0.1, -0.05) is 109 Å². The van der Waals surface area contributed by atoms with Gasteiger partial charge < -0.3 is 4.90 Å². The summed E-state index contributed by atoms with van der Waals surface area (Å²) in [6, 6.07) is 41.8. The molecular formula is C37H31N. The zero-order chi connectivity index (χ0) is 25.9. The fourth-order valence-corrected chi connectivity index (χ4v) is 5.36. The van der Waals surface area contributed by atoms with Gasteiger partial charge in [0.25, 0.3) is 0 Å². The van der Waals surface area contributed by atoms with Crippen LogP contribution in [-0.4, -0.2) is 0 Å². The third-order valence-corrected chi connectivity index (χ3v) is 7.35. The highest BCUT2D eigenvalue weighted by Crippen LogP contribution is 2.40. The van der Waals surface area contributed by atoms with Crippen molar-refractivity contribution in [2.45, 2.75) is 19.8 Å². The predicted octanol–water partition coefficient (Wildman–Crippen LogP) is 10.4. The maximum Gasteiger partial charge on any atom is 0.0499 e. The number of anilines is 3. The van der Waals surface area contributed by atoms with Gasteiger partial charge in [-0.2, -0.15) is 0 Å². The fraction of sp³-hybridized carbons (Fsp3) is 0.0811. The molecule has 5 aromatic rings. The molecule has 0 atom stereocenters. The van der Waals surface area contributed by atoms with Crippen molar-refractivity contribution in [2.75, 3.05) is 4.90 Å². The molecule has 184 valence electrons. The van der Waals surface area contributed by atoms with Crippen LogP contribution in [0.4, 0.5) is 17.1 Å². The Labute approximate surface area is 226 Å². The van der Waals surface area contributed by atoms with E-state index in [2.05, 4.69) is 146 Å². The van der Waals surface area contributed by atoms with Gasteiger partial charge >= 0.3 is 0 Å². The minimum absolute atomic E-state index is 1.05. The van der Waals surface area contributed by atoms with Crippen molar-refractivity contribution in [3.63, 3.8) is 0 Å². The Hall–Kier alpha value is -4.62. The van der Waals surface area contributed by atoms with Crippen LogP contribution < -0.4 is 4.90 Å². The van der Waals surface area contributed by atoms with Crippen LogP contribution in [0.3, 0.4) is 0 Å². The third-order valence-electron chi connectivity index (χ3n) is 7.35. The first-order valence-corrected chi connectivity index (χ1v) is 13.3. The van der Waals surface area contributed by atoms with Crippen molar-refractivity contribution < 1.29 is 0 Å². The van der Waals surface area contributed by atoms with E-state index in [0.717, 1.165) is 29.8 Å². The smallest absolute Gasteiger partial charge is 0.0499 e. The van der Waals surface area contributed by atoms with Gasteiger partial charge in [0.1, 0.15) is 0 Å². The van der Waals surface area contributed by atoms with Crippen LogP contribution in [-0.2, 0) is 6.42 Å². The summed E-state index contributed by atoms with van der Waals surface area (Å²) in [5.41, 5.74) is 13.6. The molecule has 1 nitrogen and oxygen atoms in total. The molecule has 38 heavy (non-hydrogen) atoms. The van der Waals surface area contributed by atoms with Gasteiger partial charge in [0.15, 0.2) is 0 Å². The van der Waals surface area contributed by atoms with Crippen LogP contribution in [0.5, 0.6) is 0 Å². The molecule has 0 heterocycles. The summed E-state index contributed by atoms with van der Waals surface area (Å²) < 4.78 is 0. The minimum atomic E-state index is 1.05. The second-order valence-electron chi connectivity index (χ2n) is 9.91. The average molecular weight is 490 g/mol. The van der Waals surface area contributed by atoms with Gasteiger partial charge in [-0.15, -0.1) is 0 Å². The van der Waals surface area contributed by atoms with Crippen LogP contribution in [0.25, 0.3) is 34.4 Å². The molecule has 0 N–H and O–H groups in total. The van der Waals surface area contributed by atoms with Gasteiger partial charge in [-0.25, -0.2) is 0 Å². The van der Waals surface area contributed by atoms with Gasteiger partial charge in [-0.3, -0.25) is 0 Å². The van der Waals surface area contributed by atoms with Crippen LogP contribution in [0.2, 0.25) is 0 Å². The largest absolute Gasteiger partial charge is 0.310 e. The Morgan fingerprint density at radius 3 is 2.00 bits per heavy atom. The Bertz CT molecular complexity index is 1620. The van der Waals surface area contributed by atoms with E-state index in [4.69, 9.17) is 0 Å². The monoisotopic (exact) mass is 489 g/mol. The molecular weight excluding hydrogens is 458 g/mol. The Morgan fingerprint density at radius 1 is 0.658 bits per heavy atom. The molecule has 0 saturated heterocycles. The van der Waals surface area contributed by atoms with E-state index in [-0.39, 0.29) is 0 Å². The van der Waals surface area contributed by atoms with Crippen molar-refractivity contribution in [2.24, 2.45) is 0 Å². The molecule has 0 amide bonds. The molecule has 5 aromatic carbocycles. The molecule has 0 fully saturated rings. The molecule has 0 aliphatic heterocycles. The highest BCUT2D eigenvalue weighted by atomic mass is 15.1. The van der Waals surface area contributed by atoms with Crippen molar-refractivity contribution in [1.29, 1.82) is 0 Å². The first-order valence-electron chi connectivity index (χ1n) is 13.3. The lowest BCUT2D eigenvalue weighted by Gasteiger charge is -2.29. The summed E-state index contributed by atoms with van der Waals surface area (Å²) in [7, 11) is 0. The highest BCUT2D eigenvalue weighted by molar-refractivity contribution is 5.83. The molecule has 6 rings (SSSR count). The van der Waals surface area contributed by atoms with Crippen LogP contribution in [0.1, 0.15) is 28.7 Å². The standard InChI is InChI=1S/C37H31N/c1-3-28-17-21-34(22-18-28)38(37-16-8-11-30-10-4-5-15-36(30)37)35-23-19-29(20-24-35)32-13-7-14-33(26-32)31-12-6-9-27(2)25-31/h3-4,6-14,16-26H,1,5,15H2,2H3. The van der Waals surface area contributed by atoms with Gasteiger partial charge in [0.2, 0.25) is 0 Å². The van der Waals surface area contributed by atoms with Crippen molar-refractivity contribution in [3.8, 4) is 22.3 Å². The summed E-state index contributed by atoms with van der Waals surface area (Å²) in [5, 5.41) is 0. The van der Waals surface area contributed by atoms with E-state index in [9.17, 15) is 0 Å². The Balaban J connectivity index is 1.40. The number of rotatable bonds is 6. The van der Waals surface area contributed by atoms with E-state index < -0.39 is 0 Å². The van der Waals surface area contributed by atoms with Crippen LogP contribution in [0, 0.1) is 6.92 Å². The number of aryl methyl sites for hydroxylation is 1. The fourth-order valence-electron chi connectivity index (χ4n) is 5.36. The quantitative estimate of drug-likeness (QED) is 0.229. The maximum atomic E-state index is 3.93. The van der Waals surface area contributed by atoms with Crippen molar-refractivity contribution in [3.05, 3.63) is 150 Å². The zero-order valence-electron chi connectivity index (χ0n) is 21.8. The van der Waals surface area contributed by atoms with Gasteiger partial charge in [-0.05, 0) is 95.1 Å². The number of hydrogen-bond donors (Lipinski definition) is 0. The van der Waals surface area contributed by atoms with E-state index >= 15 is 0 Å². The topological polar surface area (TPSA) is 3.24 Å². The summed E-state index contributed by atoms with van der Waals surface area (Å²) >= 11 is 0. The summed E-state index contributed by atoms with van der Waals surface area (Å²) in [6.07, 6.45) is 8.54. The highest BCUT2D eigenvalue weighted by Gasteiger charge is 2.19. The van der Waals surface area contributed by atoms with Crippen molar-refractivity contribution in [1.82, 2.24) is 0 Å². The Kier molecular flexibility index (Phi) is 6.50. The van der Waals surface area contributed by atoms with Crippen LogP contribution >= 0.6 is 0 Å². The summed E-state index contributed by atoms with van der Waals surface area (Å²) in [6.45, 7) is 6.07. The molecule has 1 aliphatic carbocycles. The predicted molar refractivity (Wildman–Crippen MR) is 164 cm³/mol. The number of benzene rings is 5. The Morgan fingerprint density at radius 2 is 1.29 bits per heavy atom. The summed E-state index contributed by atoms with van der Waals surface area (Å²) in [5.74, 6) is 0. The molecule has 0 bridgehead atoms. The van der Waals surface area contributed by atoms with E-state index in [1.807, 2.05) is 6.08 Å². The second kappa shape index (κ2) is 10.4. The molecule has 0 aromatic heterocycles. The molecule has 0 radical (unpaired) electrons. The summed E-state index contributed by atoms with van der Waals surface area (Å²) in [4.78, 5) is 2.39. The lowest BCUT2D eigenvalue weighted by molar-refractivity contribution is 0.979. The van der Waals surface area contributed by atoms with Crippen molar-refractivity contribution >= 4 is 29.2 Å². The molecule has 0 unspecified atom stereocenters. The molecule has 0 saturated carbocycles. The molecule has 1 aliphatic rings. The SMILES string of the molecule is C=Cc1ccc(N(c2ccc(-c3cccc(-c4cccc(C)c4)c3)cc2)c2cccc3c2CCC=C3)cc1. The lowest BCUT2D eigenvalue weighted by Crippen LogP contribution is -2.13. The van der Waals surface area contributed by atoms with E-state index in [1.165, 1.54) is 44.6 Å². The average Bonchev–Trinajstić information content (AvgIpc) is 2.98. The number of allylic oxidation sites excluding steroid dienone is 1. The maximum absolute atomic E-state index is 3.93. The minimum Gasteiger partial charge on any atom is -0.310 e. The number of fused-ring (bicyclic) bond motifs is 1. The molecule has 1 heteroatoms. The molecule has 0 spiro atoms. The lowest BCUT2D eigenvalue weighted by atomic mass is 9.94. The second-order valence-corrected chi connectivity index (χ2v) is 9.91. The van der Waals surface area contributed by atoms with Crippen LogP contribution in [0.15, 0.2) is 128 Å². The van der Waals surface area contributed by atoms with E-state index in [0.29, 0.717) is 0 Å². The zero-order valence-corrected chi connectivity index (χ0v) is 21.8.